The van der Waals surface area contributed by atoms with Crippen molar-refractivity contribution in [1.29, 1.82) is 0 Å². The van der Waals surface area contributed by atoms with Gasteiger partial charge in [-0.2, -0.15) is 8.78 Å². The summed E-state index contributed by atoms with van der Waals surface area (Å²) >= 11 is 0. The average molecular weight is 881 g/mol. The molecule has 7 aromatic rings. The number of fused-ring (bicyclic) bond motifs is 8. The fraction of sp³-hybridized carbons (Fsp3) is 0.137. The topological polar surface area (TPSA) is 157 Å². The third-order valence-corrected chi connectivity index (χ3v) is 11.1. The first kappa shape index (κ1) is 42.6. The van der Waals surface area contributed by atoms with Gasteiger partial charge in [0.1, 0.15) is 17.2 Å². The summed E-state index contributed by atoms with van der Waals surface area (Å²) in [7, 11) is 0. The van der Waals surface area contributed by atoms with Crippen LogP contribution in [0.5, 0.6) is 23.0 Å². The van der Waals surface area contributed by atoms with Crippen molar-refractivity contribution in [2.24, 2.45) is 5.92 Å². The smallest absolute Gasteiger partial charge is 0.204 e. The molecule has 5 heterocycles. The van der Waals surface area contributed by atoms with Crippen LogP contribution in [-0.2, 0) is 4.74 Å². The Morgan fingerprint density at radius 1 is 0.523 bits per heavy atom. The molecule has 0 radical (unpaired) electrons. The molecule has 10 nitrogen and oxygen atoms in total. The molecule has 65 heavy (non-hydrogen) atoms. The zero-order valence-corrected chi connectivity index (χ0v) is 34.8. The molecule has 14 heteroatoms. The van der Waals surface area contributed by atoms with Crippen LogP contribution >= 0.6 is 0 Å². The summed E-state index contributed by atoms with van der Waals surface area (Å²) in [5.74, 6) is -8.89. The summed E-state index contributed by atoms with van der Waals surface area (Å²) in [5, 5.41) is 41.7. The number of rotatable bonds is 11. The molecule has 2 aliphatic heterocycles. The fourth-order valence-corrected chi connectivity index (χ4v) is 7.99. The highest BCUT2D eigenvalue weighted by Crippen LogP contribution is 2.43. The van der Waals surface area contributed by atoms with Gasteiger partial charge in [-0.15, -0.1) is 0 Å². The Hall–Kier alpha value is -7.68. The minimum Gasteiger partial charge on any atom is -0.508 e. The number of benzene rings is 4. The van der Waals surface area contributed by atoms with E-state index in [-0.39, 0.29) is 52.9 Å². The largest absolute Gasteiger partial charge is 0.508 e. The molecular formula is C51H40F4N4O6. The van der Waals surface area contributed by atoms with Crippen molar-refractivity contribution < 1.29 is 47.5 Å². The lowest BCUT2D eigenvalue weighted by molar-refractivity contribution is -0.111. The van der Waals surface area contributed by atoms with Gasteiger partial charge >= 0.3 is 0 Å². The van der Waals surface area contributed by atoms with E-state index < -0.39 is 46.8 Å². The molecule has 0 amide bonds. The van der Waals surface area contributed by atoms with Crippen LogP contribution in [0.2, 0.25) is 0 Å². The first-order chi connectivity index (χ1) is 31.4. The van der Waals surface area contributed by atoms with Gasteiger partial charge in [0.25, 0.3) is 0 Å². The maximum absolute atomic E-state index is 16.7. The van der Waals surface area contributed by atoms with Gasteiger partial charge < -0.3 is 39.9 Å². The number of hydrogen-bond donors (Lipinski definition) is 6. The Kier molecular flexibility index (Phi) is 11.5. The fourth-order valence-electron chi connectivity index (χ4n) is 7.99. The highest BCUT2D eigenvalue weighted by atomic mass is 19.2. The van der Waals surface area contributed by atoms with Crippen LogP contribution in [0.25, 0.3) is 90.9 Å². The highest BCUT2D eigenvalue weighted by molar-refractivity contribution is 6.00. The molecule has 4 aromatic carbocycles. The van der Waals surface area contributed by atoms with E-state index >= 15 is 17.6 Å². The van der Waals surface area contributed by atoms with Crippen LogP contribution in [-0.4, -0.2) is 59.9 Å². The number of ether oxygens (including phenoxy) is 2. The van der Waals surface area contributed by atoms with E-state index in [1.807, 2.05) is 12.1 Å². The number of H-pyrrole nitrogens is 2. The average Bonchev–Trinajstić information content (AvgIpc) is 4.14. The molecule has 9 rings (SSSR count). The Morgan fingerprint density at radius 3 is 1.29 bits per heavy atom. The first-order valence-electron chi connectivity index (χ1n) is 20.7. The van der Waals surface area contributed by atoms with Gasteiger partial charge in [0, 0.05) is 50.2 Å². The SMILES string of the molecule is CCC(O)OCC(C)COc1c(F)c(F)c(-c2c3nc(c(-c4cccc(O)c4)c4ccc([nH]4)c(-c4cccc(O)c4)c4nc(c(-c5cccc(O)c5)c5ccc2[nH]5)C=C4)C=C3)c(F)c1F. The third-order valence-electron chi connectivity index (χ3n) is 11.1. The minimum absolute atomic E-state index is 0.0137. The molecule has 0 fully saturated rings. The molecule has 328 valence electrons. The van der Waals surface area contributed by atoms with Crippen LogP contribution in [0.4, 0.5) is 17.6 Å². The predicted molar refractivity (Wildman–Crippen MR) is 242 cm³/mol. The molecule has 0 aliphatic carbocycles. The normalized spacial score (nSPS) is 13.0. The number of phenols is 3. The third kappa shape index (κ3) is 8.20. The number of nitrogens with zero attached hydrogens (tertiary/aromatic N) is 2. The number of halogens is 4. The lowest BCUT2D eigenvalue weighted by Gasteiger charge is -2.18. The predicted octanol–water partition coefficient (Wildman–Crippen LogP) is 11.8. The van der Waals surface area contributed by atoms with E-state index in [1.54, 1.807) is 86.7 Å². The van der Waals surface area contributed by atoms with Crippen LogP contribution in [0.3, 0.4) is 0 Å². The van der Waals surface area contributed by atoms with Gasteiger partial charge in [0.2, 0.25) is 11.6 Å². The highest BCUT2D eigenvalue weighted by Gasteiger charge is 2.31. The molecule has 8 bridgehead atoms. The number of aliphatic hydroxyl groups excluding tert-OH is 1. The number of nitrogens with one attached hydrogen (secondary N) is 2. The molecule has 3 aromatic heterocycles. The van der Waals surface area contributed by atoms with E-state index in [4.69, 9.17) is 19.4 Å². The number of hydrogen-bond acceptors (Lipinski definition) is 8. The van der Waals surface area contributed by atoms with Gasteiger partial charge in [-0.3, -0.25) is 0 Å². The quantitative estimate of drug-likeness (QED) is 0.0426. The van der Waals surface area contributed by atoms with Crippen molar-refractivity contribution in [3.8, 4) is 67.5 Å². The van der Waals surface area contributed by atoms with Crippen LogP contribution in [0.15, 0.2) is 97.1 Å². The second kappa shape index (κ2) is 17.5. The summed E-state index contributed by atoms with van der Waals surface area (Å²) in [4.78, 5) is 16.7. The summed E-state index contributed by atoms with van der Waals surface area (Å²) in [6.07, 6.45) is 5.86. The molecule has 2 aliphatic rings. The van der Waals surface area contributed by atoms with E-state index in [0.29, 0.717) is 67.7 Å². The van der Waals surface area contributed by atoms with Crippen molar-refractivity contribution in [3.05, 3.63) is 143 Å². The summed E-state index contributed by atoms with van der Waals surface area (Å²) in [6.45, 7) is 2.88. The molecular weight excluding hydrogens is 841 g/mol. The van der Waals surface area contributed by atoms with E-state index in [1.165, 1.54) is 36.4 Å². The zero-order chi connectivity index (χ0) is 45.5. The minimum atomic E-state index is -1.77. The Bertz CT molecular complexity index is 3180. The molecule has 6 N–H and O–H groups in total. The van der Waals surface area contributed by atoms with Gasteiger partial charge in [-0.25, -0.2) is 18.7 Å². The second-order valence-corrected chi connectivity index (χ2v) is 15.7. The molecule has 0 spiro atoms. The standard InChI is InChI=1S/C51H40F4N4O6/c1-3-41(63)64-24-26(2)25-65-51-49(54)47(52)46(48(53)50(51)55)45-39-19-17-37(58-39)43(28-8-5-11-31(61)22-28)35-15-13-33(56-35)42(27-7-4-10-30(60)21-27)34-14-16-36(57-34)44(38-18-20-40(45)59-38)29-9-6-12-32(62)23-29/h4-23,26,41,56,59-63H,3,24-25H2,1-2H3. The second-order valence-electron chi connectivity index (χ2n) is 15.7. The summed E-state index contributed by atoms with van der Waals surface area (Å²) in [6, 6.07) is 26.3. The van der Waals surface area contributed by atoms with E-state index in [2.05, 4.69) is 9.97 Å². The number of aromatic amines is 2. The van der Waals surface area contributed by atoms with Gasteiger partial charge in [0.05, 0.1) is 41.6 Å². The van der Waals surface area contributed by atoms with Crippen molar-refractivity contribution in [2.75, 3.05) is 13.2 Å². The summed E-state index contributed by atoms with van der Waals surface area (Å²) < 4.78 is 76.4. The van der Waals surface area contributed by atoms with E-state index in [9.17, 15) is 20.4 Å². The Morgan fingerprint density at radius 2 is 0.908 bits per heavy atom. The molecule has 2 unspecified atom stereocenters. The molecule has 0 saturated carbocycles. The van der Waals surface area contributed by atoms with Crippen molar-refractivity contribution >= 4 is 46.4 Å². The first-order valence-corrected chi connectivity index (χ1v) is 20.7. The number of phenolic OH excluding ortho intramolecular Hbond substituents is 3. The number of aliphatic hydroxyl groups is 1. The Balaban J connectivity index is 1.38. The lowest BCUT2D eigenvalue weighted by Crippen LogP contribution is -2.20. The lowest BCUT2D eigenvalue weighted by atomic mass is 10.0. The maximum Gasteiger partial charge on any atom is 0.204 e. The molecule has 2 atom stereocenters. The number of aromatic nitrogens is 4. The van der Waals surface area contributed by atoms with Crippen molar-refractivity contribution in [1.82, 2.24) is 19.9 Å². The van der Waals surface area contributed by atoms with Crippen molar-refractivity contribution in [3.63, 3.8) is 0 Å². The van der Waals surface area contributed by atoms with Gasteiger partial charge in [0.15, 0.2) is 23.7 Å². The van der Waals surface area contributed by atoms with Crippen molar-refractivity contribution in [2.45, 2.75) is 26.6 Å². The van der Waals surface area contributed by atoms with E-state index in [0.717, 1.165) is 0 Å². The molecule has 0 saturated heterocycles. The van der Waals surface area contributed by atoms with Crippen LogP contribution in [0.1, 0.15) is 43.0 Å². The monoisotopic (exact) mass is 880 g/mol. The van der Waals surface area contributed by atoms with Crippen LogP contribution < -0.4 is 4.74 Å². The van der Waals surface area contributed by atoms with Gasteiger partial charge in [-0.05, 0) is 108 Å². The number of aromatic hydroxyl groups is 3. The summed E-state index contributed by atoms with van der Waals surface area (Å²) in [5.41, 5.74) is 4.32. The maximum atomic E-state index is 16.7. The Labute approximate surface area is 369 Å². The van der Waals surface area contributed by atoms with Crippen LogP contribution in [0, 0.1) is 29.2 Å². The van der Waals surface area contributed by atoms with Gasteiger partial charge in [-0.1, -0.05) is 50.2 Å². The zero-order valence-electron chi connectivity index (χ0n) is 34.8.